The molecule has 100 valence electrons. The zero-order valence-corrected chi connectivity index (χ0v) is 10.9. The van der Waals surface area contributed by atoms with E-state index in [1.54, 1.807) is 17.1 Å². The third-order valence-corrected chi connectivity index (χ3v) is 3.68. The highest BCUT2D eigenvalue weighted by molar-refractivity contribution is 5.75. The summed E-state index contributed by atoms with van der Waals surface area (Å²) in [6.07, 6.45) is 8.26. The summed E-state index contributed by atoms with van der Waals surface area (Å²) in [5, 5.41) is 6.98. The maximum Gasteiger partial charge on any atom is 0.241 e. The first-order chi connectivity index (χ1) is 8.63. The standard InChI is InChI=1S/C13H22N4O/c1-10-2-4-11(5-3-10)6-15-13(18)9-17-8-12(14)7-16-17/h7-8,10-11H,2-6,9,14H2,1H3,(H,15,18). The lowest BCUT2D eigenvalue weighted by molar-refractivity contribution is -0.122. The summed E-state index contributed by atoms with van der Waals surface area (Å²) in [5.74, 6) is 1.51. The van der Waals surface area contributed by atoms with Gasteiger partial charge in [0, 0.05) is 12.7 Å². The van der Waals surface area contributed by atoms with E-state index in [1.165, 1.54) is 25.7 Å². The molecule has 5 nitrogen and oxygen atoms in total. The molecule has 1 heterocycles. The molecule has 0 atom stereocenters. The zero-order valence-electron chi connectivity index (χ0n) is 10.9. The number of nitrogen functional groups attached to an aromatic ring is 1. The molecule has 1 amide bonds. The minimum Gasteiger partial charge on any atom is -0.396 e. The predicted molar refractivity (Wildman–Crippen MR) is 70.8 cm³/mol. The van der Waals surface area contributed by atoms with E-state index in [0.717, 1.165) is 12.5 Å². The first kappa shape index (κ1) is 12.9. The Morgan fingerprint density at radius 3 is 2.83 bits per heavy atom. The molecule has 1 fully saturated rings. The van der Waals surface area contributed by atoms with Crippen molar-refractivity contribution in [2.24, 2.45) is 11.8 Å². The minimum atomic E-state index is 0.0109. The molecule has 0 spiro atoms. The van der Waals surface area contributed by atoms with Crippen LogP contribution in [0, 0.1) is 11.8 Å². The van der Waals surface area contributed by atoms with Gasteiger partial charge in [0.2, 0.25) is 5.91 Å². The van der Waals surface area contributed by atoms with E-state index < -0.39 is 0 Å². The number of aromatic nitrogens is 2. The maximum absolute atomic E-state index is 11.7. The fourth-order valence-electron chi connectivity index (χ4n) is 2.46. The summed E-state index contributed by atoms with van der Waals surface area (Å²) < 4.78 is 1.56. The van der Waals surface area contributed by atoms with Crippen molar-refractivity contribution >= 4 is 11.6 Å². The molecule has 1 aliphatic carbocycles. The topological polar surface area (TPSA) is 72.9 Å². The summed E-state index contributed by atoms with van der Waals surface area (Å²) in [5.41, 5.74) is 6.13. The average molecular weight is 250 g/mol. The number of carbonyl (C=O) groups is 1. The number of nitrogens with two attached hydrogens (primary N) is 1. The Balaban J connectivity index is 1.68. The molecule has 0 saturated heterocycles. The quantitative estimate of drug-likeness (QED) is 0.848. The lowest BCUT2D eigenvalue weighted by atomic mass is 9.83. The van der Waals surface area contributed by atoms with Crippen molar-refractivity contribution in [2.75, 3.05) is 12.3 Å². The number of hydrogen-bond donors (Lipinski definition) is 2. The van der Waals surface area contributed by atoms with Gasteiger partial charge in [-0.1, -0.05) is 19.8 Å². The van der Waals surface area contributed by atoms with Gasteiger partial charge in [-0.05, 0) is 24.7 Å². The second-order valence-electron chi connectivity index (χ2n) is 5.40. The van der Waals surface area contributed by atoms with Gasteiger partial charge in [-0.25, -0.2) is 0 Å². The maximum atomic E-state index is 11.7. The molecular formula is C13H22N4O. The Kier molecular flexibility index (Phi) is 4.23. The van der Waals surface area contributed by atoms with Gasteiger partial charge in [-0.3, -0.25) is 9.48 Å². The van der Waals surface area contributed by atoms with Crippen molar-refractivity contribution in [1.29, 1.82) is 0 Å². The molecule has 18 heavy (non-hydrogen) atoms. The van der Waals surface area contributed by atoms with Crippen molar-refractivity contribution < 1.29 is 4.79 Å². The Labute approximate surface area is 108 Å². The monoisotopic (exact) mass is 250 g/mol. The molecule has 0 aromatic carbocycles. The van der Waals surface area contributed by atoms with E-state index >= 15 is 0 Å². The van der Waals surface area contributed by atoms with Crippen LogP contribution in [0.4, 0.5) is 5.69 Å². The fraction of sp³-hybridized carbons (Fsp3) is 0.692. The van der Waals surface area contributed by atoms with Crippen LogP contribution in [0.25, 0.3) is 0 Å². The first-order valence-electron chi connectivity index (χ1n) is 6.68. The van der Waals surface area contributed by atoms with Crippen LogP contribution in [0.3, 0.4) is 0 Å². The van der Waals surface area contributed by atoms with Crippen LogP contribution >= 0.6 is 0 Å². The molecule has 1 saturated carbocycles. The Morgan fingerprint density at radius 2 is 2.22 bits per heavy atom. The molecule has 1 aromatic heterocycles. The van der Waals surface area contributed by atoms with Crippen molar-refractivity contribution in [3.63, 3.8) is 0 Å². The van der Waals surface area contributed by atoms with E-state index in [1.807, 2.05) is 0 Å². The number of amides is 1. The van der Waals surface area contributed by atoms with E-state index in [4.69, 9.17) is 5.73 Å². The van der Waals surface area contributed by atoms with Crippen LogP contribution < -0.4 is 11.1 Å². The predicted octanol–water partition coefficient (Wildman–Crippen LogP) is 1.41. The molecule has 0 aliphatic heterocycles. The molecule has 5 heteroatoms. The smallest absolute Gasteiger partial charge is 0.241 e. The van der Waals surface area contributed by atoms with Crippen molar-refractivity contribution in [3.05, 3.63) is 12.4 Å². The number of rotatable bonds is 4. The normalized spacial score (nSPS) is 23.8. The SMILES string of the molecule is CC1CCC(CNC(=O)Cn2cc(N)cn2)CC1. The summed E-state index contributed by atoms with van der Waals surface area (Å²) >= 11 is 0. The number of carbonyl (C=O) groups excluding carboxylic acids is 1. The fourth-order valence-corrected chi connectivity index (χ4v) is 2.46. The average Bonchev–Trinajstić information content (AvgIpc) is 2.74. The van der Waals surface area contributed by atoms with E-state index in [-0.39, 0.29) is 12.5 Å². The van der Waals surface area contributed by atoms with Gasteiger partial charge in [-0.2, -0.15) is 5.10 Å². The second kappa shape index (κ2) is 5.89. The Hall–Kier alpha value is -1.52. The lowest BCUT2D eigenvalue weighted by Crippen LogP contribution is -2.33. The summed E-state index contributed by atoms with van der Waals surface area (Å²) in [6.45, 7) is 3.35. The largest absolute Gasteiger partial charge is 0.396 e. The van der Waals surface area contributed by atoms with Crippen LogP contribution in [-0.4, -0.2) is 22.2 Å². The molecule has 0 bridgehead atoms. The van der Waals surface area contributed by atoms with E-state index in [2.05, 4.69) is 17.3 Å². The van der Waals surface area contributed by atoms with E-state index in [9.17, 15) is 4.79 Å². The van der Waals surface area contributed by atoms with Crippen molar-refractivity contribution in [2.45, 2.75) is 39.2 Å². The molecule has 3 N–H and O–H groups in total. The van der Waals surface area contributed by atoms with Crippen LogP contribution in [0.5, 0.6) is 0 Å². The highest BCUT2D eigenvalue weighted by Gasteiger charge is 2.18. The summed E-state index contributed by atoms with van der Waals surface area (Å²) in [6, 6.07) is 0. The molecule has 0 radical (unpaired) electrons. The van der Waals surface area contributed by atoms with Gasteiger partial charge < -0.3 is 11.1 Å². The zero-order chi connectivity index (χ0) is 13.0. The highest BCUT2D eigenvalue weighted by Crippen LogP contribution is 2.27. The van der Waals surface area contributed by atoms with Crippen molar-refractivity contribution in [3.8, 4) is 0 Å². The van der Waals surface area contributed by atoms with Gasteiger partial charge in [-0.15, -0.1) is 0 Å². The van der Waals surface area contributed by atoms with Crippen LogP contribution in [0.15, 0.2) is 12.4 Å². The molecule has 2 rings (SSSR count). The number of hydrogen-bond acceptors (Lipinski definition) is 3. The first-order valence-corrected chi connectivity index (χ1v) is 6.68. The van der Waals surface area contributed by atoms with Crippen LogP contribution in [-0.2, 0) is 11.3 Å². The van der Waals surface area contributed by atoms with Gasteiger partial charge in [0.05, 0.1) is 11.9 Å². The highest BCUT2D eigenvalue weighted by atomic mass is 16.2. The summed E-state index contributed by atoms with van der Waals surface area (Å²) in [4.78, 5) is 11.7. The van der Waals surface area contributed by atoms with Crippen LogP contribution in [0.1, 0.15) is 32.6 Å². The number of nitrogens with one attached hydrogen (secondary N) is 1. The van der Waals surface area contributed by atoms with Crippen LogP contribution in [0.2, 0.25) is 0 Å². The van der Waals surface area contributed by atoms with Crippen molar-refractivity contribution in [1.82, 2.24) is 15.1 Å². The third kappa shape index (κ3) is 3.75. The Morgan fingerprint density at radius 1 is 1.50 bits per heavy atom. The molecule has 1 aliphatic rings. The number of nitrogens with zero attached hydrogens (tertiary/aromatic N) is 2. The third-order valence-electron chi connectivity index (χ3n) is 3.68. The number of anilines is 1. The van der Waals surface area contributed by atoms with Gasteiger partial charge >= 0.3 is 0 Å². The molecule has 1 aromatic rings. The molecular weight excluding hydrogens is 228 g/mol. The lowest BCUT2D eigenvalue weighted by Gasteiger charge is -2.26. The van der Waals surface area contributed by atoms with Gasteiger partial charge in [0.1, 0.15) is 6.54 Å². The molecule has 0 unspecified atom stereocenters. The second-order valence-corrected chi connectivity index (χ2v) is 5.40. The van der Waals surface area contributed by atoms with Gasteiger partial charge in [0.25, 0.3) is 0 Å². The Bertz CT molecular complexity index is 393. The minimum absolute atomic E-state index is 0.0109. The summed E-state index contributed by atoms with van der Waals surface area (Å²) in [7, 11) is 0. The van der Waals surface area contributed by atoms with E-state index in [0.29, 0.717) is 11.6 Å². The van der Waals surface area contributed by atoms with Gasteiger partial charge in [0.15, 0.2) is 0 Å².